The maximum absolute atomic E-state index is 12.9. The second-order valence-electron chi connectivity index (χ2n) is 3.24. The molecule has 88 valence electrons. The predicted molar refractivity (Wildman–Crippen MR) is 55.6 cm³/mol. The van der Waals surface area contributed by atoms with Gasteiger partial charge in [-0.25, -0.2) is 4.39 Å². The van der Waals surface area contributed by atoms with E-state index in [9.17, 15) is 19.3 Å². The van der Waals surface area contributed by atoms with Crippen molar-refractivity contribution in [2.24, 2.45) is 0 Å². The Kier molecular flexibility index (Phi) is 3.72. The summed E-state index contributed by atoms with van der Waals surface area (Å²) in [4.78, 5) is 21.4. The monoisotopic (exact) mass is 237 g/mol. The highest BCUT2D eigenvalue weighted by atomic mass is 19.1. The zero-order chi connectivity index (χ0) is 13.0. The minimum Gasteiger partial charge on any atom is -0.336 e. The number of hydrogen-bond donors (Lipinski definition) is 1. The topological polar surface area (TPSA) is 96.0 Å². The van der Waals surface area contributed by atoms with Crippen LogP contribution in [-0.4, -0.2) is 16.9 Å². The van der Waals surface area contributed by atoms with Gasteiger partial charge in [0.15, 0.2) is 0 Å². The molecule has 1 aromatic rings. The third kappa shape index (κ3) is 2.98. The van der Waals surface area contributed by atoms with Gasteiger partial charge < -0.3 is 5.32 Å². The van der Waals surface area contributed by atoms with Crippen LogP contribution in [0.25, 0.3) is 0 Å². The van der Waals surface area contributed by atoms with Gasteiger partial charge in [0.2, 0.25) is 0 Å². The Morgan fingerprint density at radius 1 is 1.65 bits per heavy atom. The summed E-state index contributed by atoms with van der Waals surface area (Å²) in [6, 6.07) is 3.48. The summed E-state index contributed by atoms with van der Waals surface area (Å²) < 4.78 is 12.9. The highest BCUT2D eigenvalue weighted by Crippen LogP contribution is 2.19. The smallest absolute Gasteiger partial charge is 0.282 e. The molecule has 1 aromatic carbocycles. The van der Waals surface area contributed by atoms with Gasteiger partial charge in [0.25, 0.3) is 11.6 Å². The molecule has 0 radical (unpaired) electrons. The van der Waals surface area contributed by atoms with Crippen molar-refractivity contribution in [2.45, 2.75) is 13.0 Å². The highest BCUT2D eigenvalue weighted by Gasteiger charge is 2.21. The van der Waals surface area contributed by atoms with Crippen LogP contribution < -0.4 is 5.32 Å². The average Bonchev–Trinajstić information content (AvgIpc) is 2.28. The molecule has 1 unspecified atom stereocenters. The van der Waals surface area contributed by atoms with Crippen LogP contribution in [-0.2, 0) is 0 Å². The Balaban J connectivity index is 3.12. The molecule has 0 aliphatic carbocycles. The number of nitro benzene ring substituents is 1. The standard InChI is InChI=1S/C10H8FN3O3/c1-6(5-12)13-10(15)8-4-7(11)2-3-9(8)14(16)17/h2-4,6H,1H3,(H,13,15). The van der Waals surface area contributed by atoms with E-state index < -0.39 is 33.9 Å². The minimum atomic E-state index is -0.856. The highest BCUT2D eigenvalue weighted by molar-refractivity contribution is 5.98. The van der Waals surface area contributed by atoms with Crippen LogP contribution in [0.4, 0.5) is 10.1 Å². The van der Waals surface area contributed by atoms with Crippen LogP contribution in [0.1, 0.15) is 17.3 Å². The number of hydrogen-bond acceptors (Lipinski definition) is 4. The molecule has 1 atom stereocenters. The van der Waals surface area contributed by atoms with E-state index in [1.165, 1.54) is 6.92 Å². The van der Waals surface area contributed by atoms with Gasteiger partial charge >= 0.3 is 0 Å². The summed E-state index contributed by atoms with van der Waals surface area (Å²) in [5, 5.41) is 21.3. The molecule has 6 nitrogen and oxygen atoms in total. The lowest BCUT2D eigenvalue weighted by Gasteiger charge is -2.06. The Hall–Kier alpha value is -2.49. The molecule has 1 rings (SSSR count). The molecule has 7 heteroatoms. The van der Waals surface area contributed by atoms with Crippen molar-refractivity contribution in [1.82, 2.24) is 5.32 Å². The third-order valence-corrected chi connectivity index (χ3v) is 1.94. The first-order valence-corrected chi connectivity index (χ1v) is 4.60. The van der Waals surface area contributed by atoms with Crippen molar-refractivity contribution in [3.63, 3.8) is 0 Å². The number of nitrogens with zero attached hydrogens (tertiary/aromatic N) is 2. The minimum absolute atomic E-state index is 0.405. The van der Waals surface area contributed by atoms with Gasteiger partial charge in [-0.2, -0.15) is 5.26 Å². The first-order chi connectivity index (χ1) is 7.95. The summed E-state index contributed by atoms with van der Waals surface area (Å²) in [5.74, 6) is -1.62. The van der Waals surface area contributed by atoms with Gasteiger partial charge in [0.05, 0.1) is 11.0 Å². The van der Waals surface area contributed by atoms with Gasteiger partial charge in [-0.1, -0.05) is 0 Å². The Morgan fingerprint density at radius 2 is 2.29 bits per heavy atom. The Morgan fingerprint density at radius 3 is 2.82 bits per heavy atom. The fraction of sp³-hybridized carbons (Fsp3) is 0.200. The van der Waals surface area contributed by atoms with E-state index in [-0.39, 0.29) is 0 Å². The van der Waals surface area contributed by atoms with Gasteiger partial charge in [-0.3, -0.25) is 14.9 Å². The summed E-state index contributed by atoms with van der Waals surface area (Å²) >= 11 is 0. The summed E-state index contributed by atoms with van der Waals surface area (Å²) in [6.07, 6.45) is 0. The number of nitro groups is 1. The Bertz CT molecular complexity index is 510. The Labute approximate surface area is 95.8 Å². The number of halogens is 1. The quantitative estimate of drug-likeness (QED) is 0.634. The second-order valence-corrected chi connectivity index (χ2v) is 3.24. The van der Waals surface area contributed by atoms with E-state index in [4.69, 9.17) is 5.26 Å². The van der Waals surface area contributed by atoms with E-state index in [0.29, 0.717) is 0 Å². The number of nitrogens with one attached hydrogen (secondary N) is 1. The molecule has 0 spiro atoms. The molecule has 1 N–H and O–H groups in total. The largest absolute Gasteiger partial charge is 0.336 e. The molecule has 0 heterocycles. The van der Waals surface area contributed by atoms with Crippen LogP contribution in [0, 0.1) is 27.3 Å². The first kappa shape index (κ1) is 12.6. The fourth-order valence-corrected chi connectivity index (χ4v) is 1.16. The summed E-state index contributed by atoms with van der Waals surface area (Å²) in [7, 11) is 0. The molecule has 0 saturated heterocycles. The number of benzene rings is 1. The van der Waals surface area contributed by atoms with Gasteiger partial charge in [-0.15, -0.1) is 0 Å². The third-order valence-electron chi connectivity index (χ3n) is 1.94. The van der Waals surface area contributed by atoms with Crippen molar-refractivity contribution in [3.8, 4) is 6.07 Å². The maximum Gasteiger partial charge on any atom is 0.282 e. The van der Waals surface area contributed by atoms with Gasteiger partial charge in [0.1, 0.15) is 17.4 Å². The molecule has 0 aliphatic rings. The van der Waals surface area contributed by atoms with Crippen LogP contribution >= 0.6 is 0 Å². The molecular formula is C10H8FN3O3. The van der Waals surface area contributed by atoms with E-state index >= 15 is 0 Å². The average molecular weight is 237 g/mol. The molecule has 1 amide bonds. The van der Waals surface area contributed by atoms with Crippen molar-refractivity contribution in [1.29, 1.82) is 5.26 Å². The maximum atomic E-state index is 12.9. The SMILES string of the molecule is CC(C#N)NC(=O)c1cc(F)ccc1[N+](=O)[O-]. The fourth-order valence-electron chi connectivity index (χ4n) is 1.16. The molecule has 0 fully saturated rings. The molecule has 17 heavy (non-hydrogen) atoms. The predicted octanol–water partition coefficient (Wildman–Crippen LogP) is 1.38. The lowest BCUT2D eigenvalue weighted by Crippen LogP contribution is -2.31. The molecule has 0 saturated carbocycles. The number of nitriles is 1. The summed E-state index contributed by atoms with van der Waals surface area (Å²) in [5.41, 5.74) is -0.911. The number of amides is 1. The lowest BCUT2D eigenvalue weighted by molar-refractivity contribution is -0.385. The molecular weight excluding hydrogens is 229 g/mol. The number of carbonyl (C=O) groups is 1. The van der Waals surface area contributed by atoms with Crippen LogP contribution in [0.5, 0.6) is 0 Å². The normalized spacial score (nSPS) is 11.4. The lowest BCUT2D eigenvalue weighted by atomic mass is 10.1. The van der Waals surface area contributed by atoms with Gasteiger partial charge in [-0.05, 0) is 19.1 Å². The summed E-state index contributed by atoms with van der Waals surface area (Å²) in [6.45, 7) is 1.41. The van der Waals surface area contributed by atoms with Crippen LogP contribution in [0.2, 0.25) is 0 Å². The zero-order valence-corrected chi connectivity index (χ0v) is 8.81. The second kappa shape index (κ2) is 5.03. The van der Waals surface area contributed by atoms with Crippen LogP contribution in [0.3, 0.4) is 0 Å². The first-order valence-electron chi connectivity index (χ1n) is 4.60. The van der Waals surface area contributed by atoms with Crippen molar-refractivity contribution in [2.75, 3.05) is 0 Å². The molecule has 0 aromatic heterocycles. The number of carbonyl (C=O) groups excluding carboxylic acids is 1. The van der Waals surface area contributed by atoms with Gasteiger partial charge in [0, 0.05) is 6.07 Å². The van der Waals surface area contributed by atoms with Crippen molar-refractivity contribution >= 4 is 11.6 Å². The van der Waals surface area contributed by atoms with Crippen molar-refractivity contribution in [3.05, 3.63) is 39.7 Å². The molecule has 0 aliphatic heterocycles. The van der Waals surface area contributed by atoms with E-state index in [0.717, 1.165) is 18.2 Å². The van der Waals surface area contributed by atoms with E-state index in [1.54, 1.807) is 6.07 Å². The van der Waals surface area contributed by atoms with Crippen molar-refractivity contribution < 1.29 is 14.1 Å². The van der Waals surface area contributed by atoms with E-state index in [1.807, 2.05) is 0 Å². The number of rotatable bonds is 3. The van der Waals surface area contributed by atoms with E-state index in [2.05, 4.69) is 5.32 Å². The zero-order valence-electron chi connectivity index (χ0n) is 8.81. The van der Waals surface area contributed by atoms with Crippen LogP contribution in [0.15, 0.2) is 18.2 Å². The molecule has 0 bridgehead atoms.